The van der Waals surface area contributed by atoms with Gasteiger partial charge in [-0.15, -0.1) is 16.4 Å². The van der Waals surface area contributed by atoms with Crippen molar-refractivity contribution in [2.45, 2.75) is 39.8 Å². The number of nitrogens with one attached hydrogen (secondary N) is 1. The highest BCUT2D eigenvalue weighted by atomic mass is 32.1. The molecule has 2 N–H and O–H groups in total. The minimum Gasteiger partial charge on any atom is -0.480 e. The van der Waals surface area contributed by atoms with Gasteiger partial charge in [0, 0.05) is 0 Å². The predicted octanol–water partition coefficient (Wildman–Crippen LogP) is 1.01. The van der Waals surface area contributed by atoms with Crippen molar-refractivity contribution in [3.63, 3.8) is 0 Å². The third kappa shape index (κ3) is 4.10. The lowest BCUT2D eigenvalue weighted by molar-refractivity contribution is -0.137. The van der Waals surface area contributed by atoms with Gasteiger partial charge in [-0.05, 0) is 19.8 Å². The van der Waals surface area contributed by atoms with Crippen LogP contribution in [0.5, 0.6) is 0 Å². The number of rotatable bonds is 7. The Hall–Kier alpha value is -2.29. The maximum Gasteiger partial charge on any atom is 0.325 e. The van der Waals surface area contributed by atoms with Crippen LogP contribution in [0.1, 0.15) is 39.4 Å². The monoisotopic (exact) mass is 323 g/mol. The Kier molecular flexibility index (Phi) is 5.21. The van der Waals surface area contributed by atoms with Gasteiger partial charge >= 0.3 is 5.97 Å². The van der Waals surface area contributed by atoms with Crippen LogP contribution in [0.4, 0.5) is 0 Å². The Balaban J connectivity index is 1.95. The predicted molar refractivity (Wildman–Crippen MR) is 79.7 cm³/mol. The summed E-state index contributed by atoms with van der Waals surface area (Å²) in [4.78, 5) is 27.7. The molecule has 0 bridgehead atoms. The number of carboxylic acids is 1. The Bertz CT molecular complexity index is 679. The zero-order valence-electron chi connectivity index (χ0n) is 12.4. The minimum absolute atomic E-state index is 0.193. The molecule has 8 nitrogen and oxygen atoms in total. The van der Waals surface area contributed by atoms with Crippen LogP contribution in [0.2, 0.25) is 0 Å². The van der Waals surface area contributed by atoms with Crippen molar-refractivity contribution in [2.24, 2.45) is 0 Å². The first kappa shape index (κ1) is 16.1. The fourth-order valence-corrected chi connectivity index (χ4v) is 2.95. The van der Waals surface area contributed by atoms with Crippen LogP contribution in [0.3, 0.4) is 0 Å². The van der Waals surface area contributed by atoms with E-state index in [0.29, 0.717) is 10.6 Å². The molecule has 9 heteroatoms. The Morgan fingerprint density at radius 1 is 1.45 bits per heavy atom. The number of carboxylic acid groups (broad SMARTS) is 1. The van der Waals surface area contributed by atoms with E-state index >= 15 is 0 Å². The van der Waals surface area contributed by atoms with E-state index in [2.05, 4.69) is 27.5 Å². The summed E-state index contributed by atoms with van der Waals surface area (Å²) in [5.41, 5.74) is 1.23. The molecule has 22 heavy (non-hydrogen) atoms. The van der Waals surface area contributed by atoms with Crippen molar-refractivity contribution in [1.29, 1.82) is 0 Å². The molecule has 1 amide bonds. The smallest absolute Gasteiger partial charge is 0.325 e. The normalized spacial score (nSPS) is 10.6. The lowest BCUT2D eigenvalue weighted by Crippen LogP contribution is -2.22. The van der Waals surface area contributed by atoms with Crippen molar-refractivity contribution in [2.75, 3.05) is 0 Å². The molecular formula is C13H17N5O3S. The van der Waals surface area contributed by atoms with Crippen molar-refractivity contribution >= 4 is 23.2 Å². The van der Waals surface area contributed by atoms with Gasteiger partial charge in [-0.3, -0.25) is 9.59 Å². The highest BCUT2D eigenvalue weighted by Gasteiger charge is 2.15. The van der Waals surface area contributed by atoms with Crippen LogP contribution in [0.25, 0.3) is 0 Å². The van der Waals surface area contributed by atoms with E-state index in [1.165, 1.54) is 22.2 Å². The summed E-state index contributed by atoms with van der Waals surface area (Å²) in [7, 11) is 0. The maximum absolute atomic E-state index is 12.2. The average Bonchev–Trinajstić information content (AvgIpc) is 3.03. The molecule has 118 valence electrons. The number of carbonyl (C=O) groups excluding carboxylic acids is 1. The number of aromatic nitrogens is 4. The quantitative estimate of drug-likeness (QED) is 0.787. The SMILES string of the molecule is CCCc1nc(C)c(C(=O)NCc2cn(CC(=O)O)nn2)s1. The molecule has 0 aromatic carbocycles. The number of hydrogen-bond donors (Lipinski definition) is 2. The van der Waals surface area contributed by atoms with Crippen molar-refractivity contribution in [1.82, 2.24) is 25.3 Å². The van der Waals surface area contributed by atoms with Crippen LogP contribution in [0.15, 0.2) is 6.20 Å². The third-order valence-electron chi connectivity index (χ3n) is 2.82. The summed E-state index contributed by atoms with van der Waals surface area (Å²) < 4.78 is 1.21. The molecule has 0 spiro atoms. The van der Waals surface area contributed by atoms with E-state index in [1.54, 1.807) is 0 Å². The van der Waals surface area contributed by atoms with Crippen LogP contribution in [0, 0.1) is 6.92 Å². The van der Waals surface area contributed by atoms with E-state index in [9.17, 15) is 9.59 Å². The molecule has 0 atom stereocenters. The van der Waals surface area contributed by atoms with Crippen molar-refractivity contribution in [3.05, 3.63) is 27.5 Å². The number of aliphatic carboxylic acids is 1. The number of hydrogen-bond acceptors (Lipinski definition) is 6. The molecule has 2 rings (SSSR count). The largest absolute Gasteiger partial charge is 0.480 e. The summed E-state index contributed by atoms with van der Waals surface area (Å²) >= 11 is 1.40. The fourth-order valence-electron chi connectivity index (χ4n) is 1.87. The summed E-state index contributed by atoms with van der Waals surface area (Å²) in [6.07, 6.45) is 3.35. The van der Waals surface area contributed by atoms with E-state index < -0.39 is 5.97 Å². The zero-order chi connectivity index (χ0) is 16.1. The molecule has 2 aromatic heterocycles. The molecule has 0 fully saturated rings. The lowest BCUT2D eigenvalue weighted by Gasteiger charge is -2.00. The van der Waals surface area contributed by atoms with Gasteiger partial charge in [-0.25, -0.2) is 9.67 Å². The molecule has 0 radical (unpaired) electrons. The van der Waals surface area contributed by atoms with Gasteiger partial charge in [0.15, 0.2) is 0 Å². The van der Waals surface area contributed by atoms with Crippen LogP contribution in [-0.4, -0.2) is 37.0 Å². The average molecular weight is 323 g/mol. The Morgan fingerprint density at radius 3 is 2.91 bits per heavy atom. The molecule has 0 unspecified atom stereocenters. The summed E-state index contributed by atoms with van der Waals surface area (Å²) in [5.74, 6) is -1.20. The molecule has 0 aliphatic heterocycles. The fraction of sp³-hybridized carbons (Fsp3) is 0.462. The zero-order valence-corrected chi connectivity index (χ0v) is 13.2. The first-order valence-electron chi connectivity index (χ1n) is 6.85. The van der Waals surface area contributed by atoms with Gasteiger partial charge in [0.25, 0.3) is 5.91 Å². The highest BCUT2D eigenvalue weighted by Crippen LogP contribution is 2.19. The second kappa shape index (κ2) is 7.12. The number of nitrogens with zero attached hydrogens (tertiary/aromatic N) is 4. The number of thiazole rings is 1. The van der Waals surface area contributed by atoms with E-state index in [-0.39, 0.29) is 19.0 Å². The minimum atomic E-state index is -0.996. The maximum atomic E-state index is 12.2. The van der Waals surface area contributed by atoms with Gasteiger partial charge in [-0.2, -0.15) is 0 Å². The van der Waals surface area contributed by atoms with Crippen LogP contribution in [-0.2, 0) is 24.3 Å². The van der Waals surface area contributed by atoms with E-state index in [1.807, 2.05) is 6.92 Å². The van der Waals surface area contributed by atoms with Gasteiger partial charge in [0.05, 0.1) is 23.4 Å². The molecule has 0 aliphatic carbocycles. The number of aryl methyl sites for hydroxylation is 2. The second-order valence-corrected chi connectivity index (χ2v) is 5.84. The van der Waals surface area contributed by atoms with Gasteiger partial charge in [0.1, 0.15) is 17.1 Å². The Morgan fingerprint density at radius 2 is 2.23 bits per heavy atom. The molecule has 2 aromatic rings. The number of amides is 1. The van der Waals surface area contributed by atoms with Crippen molar-refractivity contribution in [3.8, 4) is 0 Å². The van der Waals surface area contributed by atoms with Crippen LogP contribution < -0.4 is 5.32 Å². The van der Waals surface area contributed by atoms with Crippen molar-refractivity contribution < 1.29 is 14.7 Å². The summed E-state index contributed by atoms with van der Waals surface area (Å²) in [6.45, 7) is 3.82. The van der Waals surface area contributed by atoms with Crippen LogP contribution >= 0.6 is 11.3 Å². The standard InChI is InChI=1S/C13H17N5O3S/c1-3-4-10-15-8(2)12(22-10)13(21)14-5-9-6-18(17-16-9)7-11(19)20/h6H,3-5,7H2,1-2H3,(H,14,21)(H,19,20). The van der Waals surface area contributed by atoms with E-state index in [0.717, 1.165) is 23.5 Å². The topological polar surface area (TPSA) is 110 Å². The molecule has 0 saturated heterocycles. The van der Waals surface area contributed by atoms with Gasteiger partial charge < -0.3 is 10.4 Å². The van der Waals surface area contributed by atoms with Gasteiger partial charge in [0.2, 0.25) is 0 Å². The third-order valence-corrected chi connectivity index (χ3v) is 4.04. The second-order valence-electron chi connectivity index (χ2n) is 4.76. The first-order valence-corrected chi connectivity index (χ1v) is 7.66. The highest BCUT2D eigenvalue weighted by molar-refractivity contribution is 7.13. The first-order chi connectivity index (χ1) is 10.5. The number of carbonyl (C=O) groups is 2. The van der Waals surface area contributed by atoms with E-state index in [4.69, 9.17) is 5.11 Å². The Labute approximate surface area is 131 Å². The molecule has 2 heterocycles. The molecular weight excluding hydrogens is 306 g/mol. The lowest BCUT2D eigenvalue weighted by atomic mass is 10.3. The van der Waals surface area contributed by atoms with Gasteiger partial charge in [-0.1, -0.05) is 12.1 Å². The molecule has 0 aliphatic rings. The summed E-state index contributed by atoms with van der Waals surface area (Å²) in [6, 6.07) is 0. The molecule has 0 saturated carbocycles. The summed E-state index contributed by atoms with van der Waals surface area (Å²) in [5, 5.41) is 19.9.